The smallest absolute Gasteiger partial charge is 0.338 e. The predicted molar refractivity (Wildman–Crippen MR) is 132 cm³/mol. The molecule has 2 aliphatic heterocycles. The molecule has 0 radical (unpaired) electrons. The largest absolute Gasteiger partial charge is 0.466 e. The van der Waals surface area contributed by atoms with E-state index in [0.29, 0.717) is 53.7 Å². The number of likely N-dealkylation sites (N-methyl/N-ethyl adjacent to an activating group) is 1. The molecule has 1 aromatic carbocycles. The first-order chi connectivity index (χ1) is 16.9. The second kappa shape index (κ2) is 11.3. The van der Waals surface area contributed by atoms with Gasteiger partial charge in [-0.1, -0.05) is 17.7 Å². The zero-order valence-electron chi connectivity index (χ0n) is 19.3. The second-order valence-corrected chi connectivity index (χ2v) is 9.59. The van der Waals surface area contributed by atoms with Gasteiger partial charge in [-0.05, 0) is 19.2 Å². The predicted octanol–water partition coefficient (Wildman–Crippen LogP) is 1.82. The first-order valence-corrected chi connectivity index (χ1v) is 12.3. The number of carbonyl (C=O) groups is 2. The number of ether oxygens (including phenoxy) is 1. The summed E-state index contributed by atoms with van der Waals surface area (Å²) in [6, 6.07) is 3.35. The maximum atomic E-state index is 13.8. The van der Waals surface area contributed by atoms with Crippen LogP contribution in [-0.4, -0.2) is 85.9 Å². The zero-order valence-corrected chi connectivity index (χ0v) is 20.9. The topological polar surface area (TPSA) is 99.2 Å². The van der Waals surface area contributed by atoms with Crippen molar-refractivity contribution in [3.05, 3.63) is 62.5 Å². The molecule has 1 saturated heterocycles. The number of benzene rings is 1. The van der Waals surface area contributed by atoms with Gasteiger partial charge in [-0.25, -0.2) is 14.2 Å². The van der Waals surface area contributed by atoms with E-state index in [9.17, 15) is 14.0 Å². The average Bonchev–Trinajstić information content (AvgIpc) is 3.39. The maximum Gasteiger partial charge on any atom is 0.338 e. The first-order valence-electron chi connectivity index (χ1n) is 11.0. The molecule has 2 aromatic rings. The lowest BCUT2D eigenvalue weighted by molar-refractivity contribution is -0.136. The van der Waals surface area contributed by atoms with Crippen LogP contribution < -0.4 is 10.6 Å². The van der Waals surface area contributed by atoms with Crippen molar-refractivity contribution >= 4 is 41.2 Å². The fourth-order valence-electron chi connectivity index (χ4n) is 4.25. The van der Waals surface area contributed by atoms with E-state index in [2.05, 4.69) is 25.4 Å². The molecule has 0 spiro atoms. The normalized spacial score (nSPS) is 21.3. The Morgan fingerprint density at radius 3 is 2.94 bits per heavy atom. The third kappa shape index (κ3) is 5.69. The number of hydrogen-bond acceptors (Lipinski definition) is 9. The Morgan fingerprint density at radius 1 is 1.43 bits per heavy atom. The number of amides is 1. The number of thiazole rings is 1. The molecule has 1 unspecified atom stereocenters. The van der Waals surface area contributed by atoms with Gasteiger partial charge in [-0.15, -0.1) is 11.3 Å². The summed E-state index contributed by atoms with van der Waals surface area (Å²) in [6.45, 7) is 3.18. The van der Waals surface area contributed by atoms with Gasteiger partial charge in [-0.2, -0.15) is 0 Å². The number of carbonyl (C=O) groups excluding carboxylic acids is 2. The number of nitrogens with one attached hydrogen (secondary N) is 2. The molecule has 12 heteroatoms. The summed E-state index contributed by atoms with van der Waals surface area (Å²) in [4.78, 5) is 37.4. The van der Waals surface area contributed by atoms with Gasteiger partial charge in [0.2, 0.25) is 6.41 Å². The molecule has 35 heavy (non-hydrogen) atoms. The molecular weight excluding hydrogens is 495 g/mol. The standard InChI is InChI=1S/C23H26ClFN6O3S/c1-30-6-7-31(11-15(30)10-26-13-32)12-18-19(23(33)34-2)20(16-4-3-14(25)9-17(16)24)29-21(28-18)22-27-5-8-35-22/h3-5,8-9,13,15,20H,6-7,10-12H2,1-2H3,(H,26,32)(H,28,29)/t15?,20-/m0/s1. The van der Waals surface area contributed by atoms with Crippen molar-refractivity contribution < 1.29 is 18.7 Å². The van der Waals surface area contributed by atoms with Gasteiger partial charge in [-0.3, -0.25) is 19.6 Å². The SMILES string of the molecule is COC(=O)C1=C(CN2CCN(C)C(CNC=O)C2)NC(c2nccs2)=N[C@H]1c1ccc(F)cc1Cl. The highest BCUT2D eigenvalue weighted by Crippen LogP contribution is 2.36. The number of aliphatic imine (C=N–C) groups is 1. The summed E-state index contributed by atoms with van der Waals surface area (Å²) in [6.07, 6.45) is 2.37. The number of rotatable bonds is 8. The lowest BCUT2D eigenvalue weighted by atomic mass is 9.95. The van der Waals surface area contributed by atoms with Crippen LogP contribution in [0.4, 0.5) is 4.39 Å². The van der Waals surface area contributed by atoms with Crippen LogP contribution in [0.15, 0.2) is 46.0 Å². The summed E-state index contributed by atoms with van der Waals surface area (Å²) in [5, 5.41) is 8.71. The lowest BCUT2D eigenvalue weighted by Crippen LogP contribution is -2.55. The highest BCUT2D eigenvalue weighted by molar-refractivity contribution is 7.11. The lowest BCUT2D eigenvalue weighted by Gasteiger charge is -2.40. The number of hydrogen-bond donors (Lipinski definition) is 2. The van der Waals surface area contributed by atoms with Crippen molar-refractivity contribution in [2.45, 2.75) is 12.1 Å². The number of esters is 1. The van der Waals surface area contributed by atoms with Crippen LogP contribution in [-0.2, 0) is 14.3 Å². The first kappa shape index (κ1) is 25.2. The van der Waals surface area contributed by atoms with Gasteiger partial charge in [0.1, 0.15) is 11.9 Å². The van der Waals surface area contributed by atoms with E-state index in [0.717, 1.165) is 13.1 Å². The van der Waals surface area contributed by atoms with Crippen LogP contribution in [0, 0.1) is 5.82 Å². The Morgan fingerprint density at radius 2 is 2.26 bits per heavy atom. The molecular formula is C23H26ClFN6O3S. The molecule has 0 saturated carbocycles. The molecule has 186 valence electrons. The molecule has 0 aliphatic carbocycles. The third-order valence-corrected chi connectivity index (χ3v) is 7.21. The van der Waals surface area contributed by atoms with Crippen molar-refractivity contribution in [1.82, 2.24) is 25.4 Å². The molecule has 0 bridgehead atoms. The van der Waals surface area contributed by atoms with Gasteiger partial charge in [0.15, 0.2) is 10.8 Å². The van der Waals surface area contributed by atoms with Gasteiger partial charge < -0.3 is 15.4 Å². The Bertz CT molecular complexity index is 1140. The molecule has 2 N–H and O–H groups in total. The van der Waals surface area contributed by atoms with Crippen LogP contribution in [0.2, 0.25) is 5.02 Å². The molecule has 4 rings (SSSR count). The molecule has 9 nitrogen and oxygen atoms in total. The highest BCUT2D eigenvalue weighted by Gasteiger charge is 2.35. The Hall–Kier alpha value is -2.86. The number of amidine groups is 1. The Labute approximate surface area is 211 Å². The summed E-state index contributed by atoms with van der Waals surface area (Å²) in [5.41, 5.74) is 1.42. The van der Waals surface area contributed by atoms with E-state index < -0.39 is 17.8 Å². The fourth-order valence-corrected chi connectivity index (χ4v) is 5.11. The van der Waals surface area contributed by atoms with Crippen LogP contribution in [0.5, 0.6) is 0 Å². The van der Waals surface area contributed by atoms with E-state index in [1.165, 1.54) is 36.6 Å². The molecule has 1 fully saturated rings. The zero-order chi connectivity index (χ0) is 24.9. The number of piperazine rings is 1. The van der Waals surface area contributed by atoms with Gasteiger partial charge >= 0.3 is 5.97 Å². The molecule has 2 atom stereocenters. The molecule has 3 heterocycles. The van der Waals surface area contributed by atoms with E-state index in [4.69, 9.17) is 21.3 Å². The van der Waals surface area contributed by atoms with Gasteiger partial charge in [0.05, 0.1) is 12.7 Å². The maximum absolute atomic E-state index is 13.8. The third-order valence-electron chi connectivity index (χ3n) is 6.10. The minimum absolute atomic E-state index is 0.120. The van der Waals surface area contributed by atoms with E-state index in [1.54, 1.807) is 6.20 Å². The highest BCUT2D eigenvalue weighted by atomic mass is 35.5. The van der Waals surface area contributed by atoms with E-state index in [-0.39, 0.29) is 11.1 Å². The fraction of sp³-hybridized carbons (Fsp3) is 0.391. The molecule has 1 amide bonds. The van der Waals surface area contributed by atoms with E-state index >= 15 is 0 Å². The molecule has 2 aliphatic rings. The van der Waals surface area contributed by atoms with Crippen LogP contribution in [0.3, 0.4) is 0 Å². The van der Waals surface area contributed by atoms with Crippen molar-refractivity contribution in [3.63, 3.8) is 0 Å². The Balaban J connectivity index is 1.73. The number of halogens is 2. The number of methoxy groups -OCH3 is 1. The number of aromatic nitrogens is 1. The molecule has 1 aromatic heterocycles. The minimum atomic E-state index is -0.800. The van der Waals surface area contributed by atoms with Gasteiger partial charge in [0.25, 0.3) is 0 Å². The average molecular weight is 521 g/mol. The van der Waals surface area contributed by atoms with Crippen LogP contribution in [0.1, 0.15) is 16.6 Å². The second-order valence-electron chi connectivity index (χ2n) is 8.29. The summed E-state index contributed by atoms with van der Waals surface area (Å²) < 4.78 is 18.9. The van der Waals surface area contributed by atoms with Crippen molar-refractivity contribution in [3.8, 4) is 0 Å². The number of nitrogens with zero attached hydrogens (tertiary/aromatic N) is 4. The monoisotopic (exact) mass is 520 g/mol. The summed E-state index contributed by atoms with van der Waals surface area (Å²) >= 11 is 7.81. The van der Waals surface area contributed by atoms with Crippen LogP contribution >= 0.6 is 22.9 Å². The van der Waals surface area contributed by atoms with Gasteiger partial charge in [0, 0.05) is 66.6 Å². The van der Waals surface area contributed by atoms with Crippen LogP contribution in [0.25, 0.3) is 0 Å². The summed E-state index contributed by atoms with van der Waals surface area (Å²) in [5.74, 6) is -0.525. The van der Waals surface area contributed by atoms with Crippen molar-refractivity contribution in [1.29, 1.82) is 0 Å². The van der Waals surface area contributed by atoms with Crippen molar-refractivity contribution in [2.24, 2.45) is 4.99 Å². The van der Waals surface area contributed by atoms with E-state index in [1.807, 2.05) is 12.4 Å². The quantitative estimate of drug-likeness (QED) is 0.404. The Kier molecular flexibility index (Phi) is 8.11. The minimum Gasteiger partial charge on any atom is -0.466 e. The van der Waals surface area contributed by atoms with Crippen molar-refractivity contribution in [2.75, 3.05) is 46.9 Å². The summed E-state index contributed by atoms with van der Waals surface area (Å²) in [7, 11) is 3.33.